The molecule has 0 unspecified atom stereocenters. The predicted octanol–water partition coefficient (Wildman–Crippen LogP) is 4.32. The van der Waals surface area contributed by atoms with Gasteiger partial charge in [-0.3, -0.25) is 4.98 Å². The predicted molar refractivity (Wildman–Crippen MR) is 94.7 cm³/mol. The van der Waals surface area contributed by atoms with Gasteiger partial charge in [0.2, 0.25) is 0 Å². The quantitative estimate of drug-likeness (QED) is 0.490. The number of aryl methyl sites for hydroxylation is 1. The van der Waals surface area contributed by atoms with Gasteiger partial charge in [-0.1, -0.05) is 34.8 Å². The van der Waals surface area contributed by atoms with Gasteiger partial charge in [0, 0.05) is 12.1 Å². The lowest BCUT2D eigenvalue weighted by atomic mass is 10.1. The summed E-state index contributed by atoms with van der Waals surface area (Å²) < 4.78 is 1.43. The Labute approximate surface area is 152 Å². The molecule has 0 saturated heterocycles. The molecule has 4 rings (SSSR count). The molecule has 122 valence electrons. The van der Waals surface area contributed by atoms with Crippen molar-refractivity contribution in [2.45, 2.75) is 25.7 Å². The minimum atomic E-state index is -0.517. The van der Waals surface area contributed by atoms with Crippen LogP contribution in [0.15, 0.2) is 23.1 Å². The Kier molecular flexibility index (Phi) is 3.75. The van der Waals surface area contributed by atoms with E-state index in [1.54, 1.807) is 12.3 Å². The Hall–Kier alpha value is -1.69. The molecule has 0 atom stereocenters. The first-order chi connectivity index (χ1) is 11.5. The average molecular weight is 382 g/mol. The lowest BCUT2D eigenvalue weighted by Crippen LogP contribution is -2.25. The van der Waals surface area contributed by atoms with Gasteiger partial charge in [0.1, 0.15) is 10.3 Å². The highest BCUT2D eigenvalue weighted by Gasteiger charge is 2.30. The zero-order valence-corrected chi connectivity index (χ0v) is 14.8. The third-order valence-corrected chi connectivity index (χ3v) is 5.04. The maximum Gasteiger partial charge on any atom is 0.355 e. The van der Waals surface area contributed by atoms with E-state index >= 15 is 0 Å². The van der Waals surface area contributed by atoms with Crippen molar-refractivity contribution in [3.05, 3.63) is 55.4 Å². The van der Waals surface area contributed by atoms with Crippen LogP contribution in [0.2, 0.25) is 15.3 Å². The molecular formula is C16H11Cl3N4O. The maximum atomic E-state index is 12.6. The van der Waals surface area contributed by atoms with Gasteiger partial charge in [-0.2, -0.15) is 4.98 Å². The highest BCUT2D eigenvalue weighted by atomic mass is 35.5. The summed E-state index contributed by atoms with van der Waals surface area (Å²) in [6.45, 7) is 1.92. The fourth-order valence-electron chi connectivity index (χ4n) is 2.78. The van der Waals surface area contributed by atoms with Crippen LogP contribution >= 0.6 is 34.8 Å². The van der Waals surface area contributed by atoms with E-state index in [0.29, 0.717) is 22.6 Å². The Morgan fingerprint density at radius 2 is 1.92 bits per heavy atom. The maximum absolute atomic E-state index is 12.6. The number of fused-ring (bicyclic) bond motifs is 1. The van der Waals surface area contributed by atoms with Crippen LogP contribution in [0.4, 0.5) is 0 Å². The number of hydrogen-bond donors (Lipinski definition) is 0. The number of halogens is 3. The van der Waals surface area contributed by atoms with Gasteiger partial charge < -0.3 is 0 Å². The van der Waals surface area contributed by atoms with E-state index in [9.17, 15) is 4.79 Å². The van der Waals surface area contributed by atoms with E-state index < -0.39 is 5.69 Å². The molecule has 1 aliphatic carbocycles. The third kappa shape index (κ3) is 2.48. The lowest BCUT2D eigenvalue weighted by molar-refractivity contribution is 0.883. The summed E-state index contributed by atoms with van der Waals surface area (Å²) in [5.41, 5.74) is 2.29. The van der Waals surface area contributed by atoms with Crippen LogP contribution in [-0.2, 0) is 0 Å². The van der Waals surface area contributed by atoms with Gasteiger partial charge in [0.25, 0.3) is 0 Å². The van der Waals surface area contributed by atoms with Crippen molar-refractivity contribution in [1.29, 1.82) is 0 Å². The van der Waals surface area contributed by atoms with Crippen LogP contribution in [0, 0.1) is 6.92 Å². The Bertz CT molecular complexity index is 1040. The summed E-state index contributed by atoms with van der Waals surface area (Å²) in [7, 11) is 0. The van der Waals surface area contributed by atoms with Crippen LogP contribution in [0.1, 0.15) is 30.0 Å². The van der Waals surface area contributed by atoms with Gasteiger partial charge in [-0.25, -0.2) is 14.3 Å². The normalized spacial score (nSPS) is 14.3. The lowest BCUT2D eigenvalue weighted by Gasteiger charge is -2.15. The van der Waals surface area contributed by atoms with E-state index in [4.69, 9.17) is 34.8 Å². The number of hydrogen-bond acceptors (Lipinski definition) is 4. The van der Waals surface area contributed by atoms with E-state index in [2.05, 4.69) is 15.0 Å². The molecule has 0 bridgehead atoms. The molecule has 1 fully saturated rings. The highest BCUT2D eigenvalue weighted by molar-refractivity contribution is 6.42. The fourth-order valence-corrected chi connectivity index (χ4v) is 3.28. The van der Waals surface area contributed by atoms with Crippen molar-refractivity contribution >= 4 is 45.8 Å². The Morgan fingerprint density at radius 3 is 2.62 bits per heavy atom. The number of pyridine rings is 2. The summed E-state index contributed by atoms with van der Waals surface area (Å²) in [5.74, 6) is 0.348. The van der Waals surface area contributed by atoms with E-state index in [1.165, 1.54) is 4.57 Å². The molecule has 0 spiro atoms. The van der Waals surface area contributed by atoms with Crippen molar-refractivity contribution in [2.75, 3.05) is 0 Å². The average Bonchev–Trinajstić information content (AvgIpc) is 3.35. The van der Waals surface area contributed by atoms with Crippen LogP contribution in [0.25, 0.3) is 16.7 Å². The molecule has 0 aliphatic heterocycles. The molecule has 3 heterocycles. The zero-order valence-electron chi connectivity index (χ0n) is 12.6. The van der Waals surface area contributed by atoms with Crippen LogP contribution in [0.5, 0.6) is 0 Å². The molecule has 1 saturated carbocycles. The van der Waals surface area contributed by atoms with Gasteiger partial charge in [0.15, 0.2) is 5.65 Å². The summed E-state index contributed by atoms with van der Waals surface area (Å²) in [4.78, 5) is 25.3. The largest absolute Gasteiger partial charge is 0.355 e. The van der Waals surface area contributed by atoms with Crippen molar-refractivity contribution in [1.82, 2.24) is 19.5 Å². The first kappa shape index (κ1) is 15.8. The van der Waals surface area contributed by atoms with Gasteiger partial charge >= 0.3 is 5.69 Å². The second kappa shape index (κ2) is 5.69. The molecule has 0 N–H and O–H groups in total. The van der Waals surface area contributed by atoms with Crippen LogP contribution in [0.3, 0.4) is 0 Å². The third-order valence-electron chi connectivity index (χ3n) is 4.07. The molecule has 24 heavy (non-hydrogen) atoms. The van der Waals surface area contributed by atoms with E-state index in [1.807, 2.05) is 13.0 Å². The minimum Gasteiger partial charge on any atom is -0.259 e. The SMILES string of the molecule is Cc1ccnc(C2CC2)c1-n1c(=O)nc(Cl)c2cc(Cl)c(Cl)nc21. The first-order valence-electron chi connectivity index (χ1n) is 7.37. The van der Waals surface area contributed by atoms with Crippen LogP contribution < -0.4 is 5.69 Å². The van der Waals surface area contributed by atoms with Gasteiger partial charge in [0.05, 0.1) is 21.8 Å². The molecule has 0 aromatic carbocycles. The summed E-state index contributed by atoms with van der Waals surface area (Å²) in [6.07, 6.45) is 3.86. The standard InChI is InChI=1S/C16H11Cl3N4O/c1-7-4-5-20-11(8-2-3-8)12(7)23-15-9(13(18)22-16(23)24)6-10(17)14(19)21-15/h4-6,8H,2-3H2,1H3. The Balaban J connectivity index is 2.16. The fraction of sp³-hybridized carbons (Fsp3) is 0.250. The van der Waals surface area contributed by atoms with Crippen LogP contribution in [-0.4, -0.2) is 19.5 Å². The molecule has 1 aliphatic rings. The summed E-state index contributed by atoms with van der Waals surface area (Å²) >= 11 is 18.2. The summed E-state index contributed by atoms with van der Waals surface area (Å²) in [6, 6.07) is 3.42. The highest BCUT2D eigenvalue weighted by Crippen LogP contribution is 2.42. The molecular weight excluding hydrogens is 371 g/mol. The second-order valence-electron chi connectivity index (χ2n) is 5.79. The monoisotopic (exact) mass is 380 g/mol. The first-order valence-corrected chi connectivity index (χ1v) is 8.51. The van der Waals surface area contributed by atoms with E-state index in [0.717, 1.165) is 24.1 Å². The molecule has 3 aromatic heterocycles. The molecule has 0 radical (unpaired) electrons. The number of nitrogens with zero attached hydrogens (tertiary/aromatic N) is 4. The molecule has 5 nitrogen and oxygen atoms in total. The topological polar surface area (TPSA) is 60.7 Å². The number of rotatable bonds is 2. The van der Waals surface area contributed by atoms with Gasteiger partial charge in [-0.15, -0.1) is 0 Å². The molecule has 3 aromatic rings. The van der Waals surface area contributed by atoms with Crippen molar-refractivity contribution < 1.29 is 0 Å². The van der Waals surface area contributed by atoms with Crippen molar-refractivity contribution in [2.24, 2.45) is 0 Å². The van der Waals surface area contributed by atoms with Crippen molar-refractivity contribution in [3.63, 3.8) is 0 Å². The van der Waals surface area contributed by atoms with E-state index in [-0.39, 0.29) is 15.3 Å². The smallest absolute Gasteiger partial charge is 0.259 e. The van der Waals surface area contributed by atoms with Gasteiger partial charge in [-0.05, 0) is 37.5 Å². The number of aromatic nitrogens is 4. The molecule has 0 amide bonds. The van der Waals surface area contributed by atoms with Crippen molar-refractivity contribution in [3.8, 4) is 5.69 Å². The second-order valence-corrected chi connectivity index (χ2v) is 6.91. The zero-order chi connectivity index (χ0) is 17.0. The molecule has 8 heteroatoms. The Morgan fingerprint density at radius 1 is 1.17 bits per heavy atom. The minimum absolute atomic E-state index is 0.0480. The summed E-state index contributed by atoms with van der Waals surface area (Å²) in [5, 5.41) is 0.875.